The summed E-state index contributed by atoms with van der Waals surface area (Å²) in [5.74, 6) is 0. The molecule has 0 aliphatic rings. The highest BCUT2D eigenvalue weighted by molar-refractivity contribution is 7.05. The van der Waals surface area contributed by atoms with E-state index in [0.29, 0.717) is 35.2 Å². The molecular formula is C11H15ClN4O2S. The molecule has 1 unspecified atom stereocenters. The van der Waals surface area contributed by atoms with Gasteiger partial charge in [-0.3, -0.25) is 4.68 Å². The van der Waals surface area contributed by atoms with Crippen molar-refractivity contribution in [3.8, 4) is 0 Å². The molecule has 8 heteroatoms. The van der Waals surface area contributed by atoms with Gasteiger partial charge in [-0.05, 0) is 18.0 Å². The van der Waals surface area contributed by atoms with Crippen molar-refractivity contribution < 1.29 is 9.84 Å². The Balaban J connectivity index is 2.32. The molecule has 0 bridgehead atoms. The fourth-order valence-electron chi connectivity index (χ4n) is 1.79. The summed E-state index contributed by atoms with van der Waals surface area (Å²) in [6.45, 7) is 3.00. The van der Waals surface area contributed by atoms with Crippen molar-refractivity contribution in [2.45, 2.75) is 26.0 Å². The zero-order valence-corrected chi connectivity index (χ0v) is 12.3. The molecule has 2 aromatic rings. The van der Waals surface area contributed by atoms with Gasteiger partial charge in [-0.2, -0.15) is 5.10 Å². The fourth-order valence-corrected chi connectivity index (χ4v) is 2.77. The normalized spacial score (nSPS) is 12.8. The van der Waals surface area contributed by atoms with Crippen LogP contribution in [0.15, 0.2) is 6.20 Å². The minimum Gasteiger partial charge on any atom is -0.383 e. The van der Waals surface area contributed by atoms with Crippen molar-refractivity contribution in [1.82, 2.24) is 19.4 Å². The second-order valence-corrected chi connectivity index (χ2v) is 5.13. The largest absolute Gasteiger partial charge is 0.383 e. The summed E-state index contributed by atoms with van der Waals surface area (Å²) in [6.07, 6.45) is 1.38. The lowest BCUT2D eigenvalue weighted by Crippen LogP contribution is -2.13. The van der Waals surface area contributed by atoms with Crippen LogP contribution >= 0.6 is 23.1 Å². The molecule has 0 aromatic carbocycles. The van der Waals surface area contributed by atoms with Crippen molar-refractivity contribution >= 4 is 23.1 Å². The van der Waals surface area contributed by atoms with Crippen molar-refractivity contribution in [2.75, 3.05) is 13.7 Å². The lowest BCUT2D eigenvalue weighted by molar-refractivity contribution is 0.172. The summed E-state index contributed by atoms with van der Waals surface area (Å²) in [4.78, 5) is 0.712. The number of methoxy groups -OCH3 is 1. The first-order valence-electron chi connectivity index (χ1n) is 5.88. The number of ether oxygens (including phenoxy) is 1. The van der Waals surface area contributed by atoms with Gasteiger partial charge in [0.2, 0.25) is 0 Å². The third kappa shape index (κ3) is 2.94. The van der Waals surface area contributed by atoms with Gasteiger partial charge in [-0.25, -0.2) is 0 Å². The van der Waals surface area contributed by atoms with Crippen molar-refractivity contribution in [2.24, 2.45) is 0 Å². The summed E-state index contributed by atoms with van der Waals surface area (Å²) in [5, 5.41) is 19.1. The van der Waals surface area contributed by atoms with Crippen LogP contribution in [-0.4, -0.2) is 38.2 Å². The van der Waals surface area contributed by atoms with Crippen LogP contribution in [0.3, 0.4) is 0 Å². The smallest absolute Gasteiger partial charge is 0.135 e. The number of halogens is 1. The highest BCUT2D eigenvalue weighted by Gasteiger charge is 2.24. The van der Waals surface area contributed by atoms with Gasteiger partial charge in [0.05, 0.1) is 40.6 Å². The quantitative estimate of drug-likeness (QED) is 0.879. The third-order valence-electron chi connectivity index (χ3n) is 2.77. The van der Waals surface area contributed by atoms with Crippen LogP contribution in [0.2, 0.25) is 5.02 Å². The van der Waals surface area contributed by atoms with Gasteiger partial charge in [0.25, 0.3) is 0 Å². The van der Waals surface area contributed by atoms with Gasteiger partial charge < -0.3 is 9.84 Å². The minimum absolute atomic E-state index is 0.430. The predicted molar refractivity (Wildman–Crippen MR) is 72.5 cm³/mol. The van der Waals surface area contributed by atoms with Crippen LogP contribution in [0.4, 0.5) is 0 Å². The number of aromatic nitrogens is 4. The number of aliphatic hydroxyl groups is 1. The summed E-state index contributed by atoms with van der Waals surface area (Å²) in [7, 11) is 1.61. The van der Waals surface area contributed by atoms with E-state index in [1.165, 1.54) is 17.7 Å². The van der Waals surface area contributed by atoms with E-state index in [-0.39, 0.29) is 0 Å². The van der Waals surface area contributed by atoms with Gasteiger partial charge in [0, 0.05) is 7.11 Å². The van der Waals surface area contributed by atoms with Gasteiger partial charge in [0.1, 0.15) is 6.10 Å². The monoisotopic (exact) mass is 302 g/mol. The van der Waals surface area contributed by atoms with Gasteiger partial charge in [0.15, 0.2) is 0 Å². The zero-order valence-electron chi connectivity index (χ0n) is 10.7. The Labute approximate surface area is 120 Å². The molecule has 6 nitrogen and oxygen atoms in total. The molecule has 1 atom stereocenters. The number of aliphatic hydroxyl groups excluding tert-OH is 1. The molecule has 0 radical (unpaired) electrons. The molecule has 1 N–H and O–H groups in total. The van der Waals surface area contributed by atoms with Gasteiger partial charge in [-0.15, -0.1) is 5.10 Å². The molecule has 2 heterocycles. The van der Waals surface area contributed by atoms with E-state index in [1.807, 2.05) is 6.92 Å². The molecule has 2 rings (SSSR count). The van der Waals surface area contributed by atoms with Gasteiger partial charge in [-0.1, -0.05) is 23.0 Å². The van der Waals surface area contributed by atoms with Crippen LogP contribution < -0.4 is 0 Å². The lowest BCUT2D eigenvalue weighted by atomic mass is 10.1. The van der Waals surface area contributed by atoms with E-state index < -0.39 is 6.10 Å². The summed E-state index contributed by atoms with van der Waals surface area (Å²) in [5.41, 5.74) is 1.34. The predicted octanol–water partition coefficient (Wildman–Crippen LogP) is 1.68. The fraction of sp³-hybridized carbons (Fsp3) is 0.545. The molecule has 0 saturated heterocycles. The minimum atomic E-state index is -0.859. The van der Waals surface area contributed by atoms with Crippen LogP contribution in [0.5, 0.6) is 0 Å². The molecule has 0 aliphatic carbocycles. The maximum absolute atomic E-state index is 10.5. The van der Waals surface area contributed by atoms with E-state index in [0.717, 1.165) is 5.69 Å². The molecule has 19 heavy (non-hydrogen) atoms. The standard InChI is InChI=1S/C11H15ClN4O2S/c1-3-8-11(19-15-14-8)10(17)9-7(12)6-13-16(9)4-5-18-2/h6,10,17H,3-5H2,1-2H3. The average molecular weight is 303 g/mol. The second-order valence-electron chi connectivity index (χ2n) is 3.93. The van der Waals surface area contributed by atoms with E-state index >= 15 is 0 Å². The first-order valence-corrected chi connectivity index (χ1v) is 7.03. The second kappa shape index (κ2) is 6.42. The van der Waals surface area contributed by atoms with Crippen LogP contribution in [0.1, 0.15) is 29.3 Å². The molecule has 0 fully saturated rings. The number of rotatable bonds is 6. The number of hydrogen-bond donors (Lipinski definition) is 1. The Kier molecular flexibility index (Phi) is 4.87. The SMILES string of the molecule is CCc1nnsc1C(O)c1c(Cl)cnn1CCOC. The van der Waals surface area contributed by atoms with E-state index in [2.05, 4.69) is 14.7 Å². The van der Waals surface area contributed by atoms with E-state index in [4.69, 9.17) is 16.3 Å². The first-order chi connectivity index (χ1) is 9.19. The maximum atomic E-state index is 10.5. The van der Waals surface area contributed by atoms with Crippen molar-refractivity contribution in [3.63, 3.8) is 0 Å². The van der Waals surface area contributed by atoms with Gasteiger partial charge >= 0.3 is 0 Å². The Hall–Kier alpha value is -1.02. The Morgan fingerprint density at radius 2 is 2.37 bits per heavy atom. The molecule has 0 aliphatic heterocycles. The zero-order chi connectivity index (χ0) is 13.8. The van der Waals surface area contributed by atoms with E-state index in [9.17, 15) is 5.11 Å². The first kappa shape index (κ1) is 14.4. The number of nitrogens with zero attached hydrogens (tertiary/aromatic N) is 4. The Morgan fingerprint density at radius 1 is 1.58 bits per heavy atom. The topological polar surface area (TPSA) is 73.1 Å². The summed E-state index contributed by atoms with van der Waals surface area (Å²) in [6, 6.07) is 0. The van der Waals surface area contributed by atoms with E-state index in [1.54, 1.807) is 11.8 Å². The molecule has 2 aromatic heterocycles. The Bertz CT molecular complexity index is 543. The maximum Gasteiger partial charge on any atom is 0.135 e. The van der Waals surface area contributed by atoms with Crippen molar-refractivity contribution in [3.05, 3.63) is 27.5 Å². The van der Waals surface area contributed by atoms with Crippen LogP contribution in [0.25, 0.3) is 0 Å². The molecular weight excluding hydrogens is 288 g/mol. The highest BCUT2D eigenvalue weighted by Crippen LogP contribution is 2.31. The molecule has 0 spiro atoms. The number of aryl methyl sites for hydroxylation is 1. The molecule has 0 saturated carbocycles. The van der Waals surface area contributed by atoms with Crippen LogP contribution in [0, 0.1) is 0 Å². The van der Waals surface area contributed by atoms with Crippen LogP contribution in [-0.2, 0) is 17.7 Å². The summed E-state index contributed by atoms with van der Waals surface area (Å²) >= 11 is 7.29. The third-order valence-corrected chi connectivity index (χ3v) is 3.88. The van der Waals surface area contributed by atoms with Crippen molar-refractivity contribution in [1.29, 1.82) is 0 Å². The number of hydrogen-bond acceptors (Lipinski definition) is 6. The molecule has 0 amide bonds. The highest BCUT2D eigenvalue weighted by atomic mass is 35.5. The molecule has 104 valence electrons. The average Bonchev–Trinajstić information content (AvgIpc) is 3.02. The summed E-state index contributed by atoms with van der Waals surface area (Å²) < 4.78 is 10.5. The lowest BCUT2D eigenvalue weighted by Gasteiger charge is -2.13. The Morgan fingerprint density at radius 3 is 3.05 bits per heavy atom.